The second kappa shape index (κ2) is 4.70. The van der Waals surface area contributed by atoms with E-state index in [1.807, 2.05) is 36.6 Å². The molecular weight excluding hydrogens is 256 g/mol. The zero-order valence-electron chi connectivity index (χ0n) is 10.8. The van der Waals surface area contributed by atoms with Gasteiger partial charge >= 0.3 is 0 Å². The van der Waals surface area contributed by atoms with Crippen molar-refractivity contribution in [3.8, 4) is 0 Å². The highest BCUT2D eigenvalue weighted by Gasteiger charge is 2.25. The van der Waals surface area contributed by atoms with Gasteiger partial charge in [0.25, 0.3) is 5.91 Å². The summed E-state index contributed by atoms with van der Waals surface area (Å²) in [7, 11) is 0. The van der Waals surface area contributed by atoms with E-state index in [4.69, 9.17) is 5.73 Å². The summed E-state index contributed by atoms with van der Waals surface area (Å²) in [5, 5.41) is 5.08. The third-order valence-corrected chi connectivity index (χ3v) is 4.63. The zero-order valence-corrected chi connectivity index (χ0v) is 11.6. The van der Waals surface area contributed by atoms with Crippen LogP contribution in [0.2, 0.25) is 0 Å². The molecule has 3 N–H and O–H groups in total. The maximum atomic E-state index is 12.2. The van der Waals surface area contributed by atoms with Gasteiger partial charge in [0.2, 0.25) is 0 Å². The van der Waals surface area contributed by atoms with Crippen LogP contribution in [0, 0.1) is 6.92 Å². The largest absolute Gasteiger partial charge is 0.399 e. The van der Waals surface area contributed by atoms with Gasteiger partial charge in [0.05, 0.1) is 10.9 Å². The van der Waals surface area contributed by atoms with Crippen molar-refractivity contribution in [1.29, 1.82) is 0 Å². The Kier molecular flexibility index (Phi) is 3.03. The summed E-state index contributed by atoms with van der Waals surface area (Å²) in [6, 6.07) is 8.04. The topological polar surface area (TPSA) is 55.1 Å². The third-order valence-electron chi connectivity index (χ3n) is 3.62. The van der Waals surface area contributed by atoms with Crippen molar-refractivity contribution < 1.29 is 4.79 Å². The molecule has 0 spiro atoms. The number of hydrogen-bond acceptors (Lipinski definition) is 3. The number of rotatable bonds is 2. The molecule has 1 amide bonds. The van der Waals surface area contributed by atoms with Gasteiger partial charge in [0, 0.05) is 5.69 Å². The predicted molar refractivity (Wildman–Crippen MR) is 78.4 cm³/mol. The Morgan fingerprint density at radius 1 is 1.42 bits per heavy atom. The lowest BCUT2D eigenvalue weighted by Gasteiger charge is -2.14. The average molecular weight is 272 g/mol. The van der Waals surface area contributed by atoms with Crippen molar-refractivity contribution in [1.82, 2.24) is 5.32 Å². The standard InChI is InChI=1S/C15H16N2OS/c1-9-6-7-19-14(9)15(18)17-13-5-2-10-8-11(16)3-4-12(10)13/h3-4,6-8,13H,2,5,16H2,1H3,(H,17,18). The van der Waals surface area contributed by atoms with E-state index in [-0.39, 0.29) is 11.9 Å². The van der Waals surface area contributed by atoms with Gasteiger partial charge in [-0.3, -0.25) is 4.79 Å². The van der Waals surface area contributed by atoms with Crippen LogP contribution in [0.3, 0.4) is 0 Å². The van der Waals surface area contributed by atoms with Crippen molar-refractivity contribution in [3.63, 3.8) is 0 Å². The molecule has 0 bridgehead atoms. The van der Waals surface area contributed by atoms with Gasteiger partial charge in [-0.1, -0.05) is 6.07 Å². The van der Waals surface area contributed by atoms with E-state index < -0.39 is 0 Å². The first-order valence-corrected chi connectivity index (χ1v) is 7.26. The van der Waals surface area contributed by atoms with Crippen LogP contribution in [0.15, 0.2) is 29.6 Å². The first-order valence-electron chi connectivity index (χ1n) is 6.38. The van der Waals surface area contributed by atoms with Crippen LogP contribution >= 0.6 is 11.3 Å². The summed E-state index contributed by atoms with van der Waals surface area (Å²) in [4.78, 5) is 13.0. The van der Waals surface area contributed by atoms with Crippen LogP contribution in [-0.4, -0.2) is 5.91 Å². The van der Waals surface area contributed by atoms with Crippen LogP contribution in [0.5, 0.6) is 0 Å². The maximum Gasteiger partial charge on any atom is 0.262 e. The summed E-state index contributed by atoms with van der Waals surface area (Å²) in [5.74, 6) is 0.0298. The van der Waals surface area contributed by atoms with Gasteiger partial charge in [-0.2, -0.15) is 0 Å². The maximum absolute atomic E-state index is 12.2. The number of nitrogens with one attached hydrogen (secondary N) is 1. The molecular formula is C15H16N2OS. The highest BCUT2D eigenvalue weighted by Crippen LogP contribution is 2.32. The van der Waals surface area contributed by atoms with Gasteiger partial charge in [-0.25, -0.2) is 0 Å². The van der Waals surface area contributed by atoms with Crippen LogP contribution < -0.4 is 11.1 Å². The Morgan fingerprint density at radius 2 is 2.26 bits per heavy atom. The number of amides is 1. The monoisotopic (exact) mass is 272 g/mol. The first-order chi connectivity index (χ1) is 9.15. The molecule has 1 heterocycles. The Balaban J connectivity index is 1.80. The molecule has 1 aliphatic carbocycles. The summed E-state index contributed by atoms with van der Waals surface area (Å²) in [6.45, 7) is 1.97. The first kappa shape index (κ1) is 12.2. The summed E-state index contributed by atoms with van der Waals surface area (Å²) in [5.41, 5.74) is 10.1. The molecule has 0 radical (unpaired) electrons. The number of aryl methyl sites for hydroxylation is 2. The molecule has 1 aromatic heterocycles. The number of fused-ring (bicyclic) bond motifs is 1. The minimum atomic E-state index is 0.0298. The van der Waals surface area contributed by atoms with Gasteiger partial charge in [0.1, 0.15) is 0 Å². The fourth-order valence-electron chi connectivity index (χ4n) is 2.62. The number of benzene rings is 1. The number of nitrogen functional groups attached to an aromatic ring is 1. The lowest BCUT2D eigenvalue weighted by Crippen LogP contribution is -2.26. The molecule has 98 valence electrons. The SMILES string of the molecule is Cc1ccsc1C(=O)NC1CCc2cc(N)ccc21. The normalized spacial score (nSPS) is 17.2. The van der Waals surface area contributed by atoms with Gasteiger partial charge in [-0.15, -0.1) is 11.3 Å². The van der Waals surface area contributed by atoms with Gasteiger partial charge in [-0.05, 0) is 60.0 Å². The third kappa shape index (κ3) is 2.24. The van der Waals surface area contributed by atoms with Crippen molar-refractivity contribution >= 4 is 22.9 Å². The number of hydrogen-bond donors (Lipinski definition) is 2. The van der Waals surface area contributed by atoms with Crippen molar-refractivity contribution in [2.75, 3.05) is 5.73 Å². The Labute approximate surface area is 116 Å². The van der Waals surface area contributed by atoms with E-state index in [1.54, 1.807) is 0 Å². The molecule has 0 saturated carbocycles. The minimum absolute atomic E-state index is 0.0298. The second-order valence-electron chi connectivity index (χ2n) is 4.96. The number of anilines is 1. The molecule has 1 aliphatic rings. The number of nitrogens with two attached hydrogens (primary N) is 1. The fraction of sp³-hybridized carbons (Fsp3) is 0.267. The van der Waals surface area contributed by atoms with Crippen molar-refractivity contribution in [2.24, 2.45) is 0 Å². The Bertz CT molecular complexity index is 633. The molecule has 3 nitrogen and oxygen atoms in total. The van der Waals surface area contributed by atoms with E-state index in [0.29, 0.717) is 0 Å². The second-order valence-corrected chi connectivity index (χ2v) is 5.87. The minimum Gasteiger partial charge on any atom is -0.399 e. The van der Waals surface area contributed by atoms with Crippen molar-refractivity contribution in [3.05, 3.63) is 51.2 Å². The van der Waals surface area contributed by atoms with Crippen LogP contribution in [0.1, 0.15) is 38.8 Å². The molecule has 1 atom stereocenters. The highest BCUT2D eigenvalue weighted by atomic mass is 32.1. The van der Waals surface area contributed by atoms with E-state index in [2.05, 4.69) is 5.32 Å². The average Bonchev–Trinajstić information content (AvgIpc) is 2.96. The summed E-state index contributed by atoms with van der Waals surface area (Å²) < 4.78 is 0. The lowest BCUT2D eigenvalue weighted by molar-refractivity contribution is 0.0940. The molecule has 0 fully saturated rings. The van der Waals surface area contributed by atoms with Crippen LogP contribution in [0.4, 0.5) is 5.69 Å². The highest BCUT2D eigenvalue weighted by molar-refractivity contribution is 7.12. The molecule has 4 heteroatoms. The number of carbonyl (C=O) groups excluding carboxylic acids is 1. The molecule has 19 heavy (non-hydrogen) atoms. The van der Waals surface area contributed by atoms with Gasteiger partial charge in [0.15, 0.2) is 0 Å². The van der Waals surface area contributed by atoms with E-state index in [1.165, 1.54) is 22.5 Å². The van der Waals surface area contributed by atoms with Crippen LogP contribution in [-0.2, 0) is 6.42 Å². The molecule has 2 aromatic rings. The summed E-state index contributed by atoms with van der Waals surface area (Å²) in [6.07, 6.45) is 1.93. The Morgan fingerprint density at radius 3 is 3.00 bits per heavy atom. The van der Waals surface area contributed by atoms with E-state index in [9.17, 15) is 4.79 Å². The van der Waals surface area contributed by atoms with E-state index >= 15 is 0 Å². The molecule has 0 saturated heterocycles. The summed E-state index contributed by atoms with van der Waals surface area (Å²) >= 11 is 1.49. The van der Waals surface area contributed by atoms with Crippen molar-refractivity contribution in [2.45, 2.75) is 25.8 Å². The predicted octanol–water partition coefficient (Wildman–Crippen LogP) is 3.06. The lowest BCUT2D eigenvalue weighted by atomic mass is 10.1. The smallest absolute Gasteiger partial charge is 0.262 e. The molecule has 1 unspecified atom stereocenters. The molecule has 3 rings (SSSR count). The zero-order chi connectivity index (χ0) is 13.4. The molecule has 1 aromatic carbocycles. The Hall–Kier alpha value is -1.81. The number of carbonyl (C=O) groups is 1. The number of thiophene rings is 1. The van der Waals surface area contributed by atoms with Gasteiger partial charge < -0.3 is 11.1 Å². The van der Waals surface area contributed by atoms with E-state index in [0.717, 1.165) is 29.0 Å². The molecule has 0 aliphatic heterocycles. The quantitative estimate of drug-likeness (QED) is 0.826. The van der Waals surface area contributed by atoms with Crippen LogP contribution in [0.25, 0.3) is 0 Å². The fourth-order valence-corrected chi connectivity index (χ4v) is 3.44.